The summed E-state index contributed by atoms with van der Waals surface area (Å²) in [5.74, 6) is 0.610. The van der Waals surface area contributed by atoms with Crippen LogP contribution >= 0.6 is 0 Å². The van der Waals surface area contributed by atoms with E-state index < -0.39 is 20.0 Å². The van der Waals surface area contributed by atoms with Crippen molar-refractivity contribution in [1.29, 1.82) is 0 Å². The summed E-state index contributed by atoms with van der Waals surface area (Å²) >= 11 is 0. The lowest BCUT2D eigenvalue weighted by Crippen LogP contribution is -2.26. The molecule has 0 aliphatic carbocycles. The predicted octanol–water partition coefficient (Wildman–Crippen LogP) is 1.69. The number of methoxy groups -OCH3 is 1. The van der Waals surface area contributed by atoms with Gasteiger partial charge in [0.2, 0.25) is 10.0 Å². The molecule has 0 aliphatic heterocycles. The normalized spacial score (nSPS) is 12.0. The van der Waals surface area contributed by atoms with Crippen molar-refractivity contribution in [3.63, 3.8) is 0 Å². The molecular formula is C18H24N2O6S2. The van der Waals surface area contributed by atoms with Crippen molar-refractivity contribution in [1.82, 2.24) is 4.72 Å². The average molecular weight is 429 g/mol. The fourth-order valence-corrected chi connectivity index (χ4v) is 5.43. The van der Waals surface area contributed by atoms with E-state index in [4.69, 9.17) is 9.84 Å². The van der Waals surface area contributed by atoms with Gasteiger partial charge in [0, 0.05) is 12.2 Å². The molecule has 0 spiro atoms. The highest BCUT2D eigenvalue weighted by Crippen LogP contribution is 2.31. The molecule has 8 nitrogen and oxygen atoms in total. The van der Waals surface area contributed by atoms with Gasteiger partial charge in [-0.15, -0.1) is 0 Å². The summed E-state index contributed by atoms with van der Waals surface area (Å²) in [6, 6.07) is 6.98. The monoisotopic (exact) mass is 428 g/mol. The van der Waals surface area contributed by atoms with Crippen LogP contribution in [-0.4, -0.2) is 42.2 Å². The molecule has 28 heavy (non-hydrogen) atoms. The Balaban J connectivity index is 2.35. The van der Waals surface area contributed by atoms with E-state index in [1.165, 1.54) is 31.4 Å². The van der Waals surface area contributed by atoms with Gasteiger partial charge in [-0.25, -0.2) is 21.6 Å². The molecule has 0 atom stereocenters. The average Bonchev–Trinajstić information content (AvgIpc) is 2.63. The van der Waals surface area contributed by atoms with Crippen LogP contribution in [0.1, 0.15) is 16.7 Å². The molecule has 10 heteroatoms. The third-order valence-electron chi connectivity index (χ3n) is 4.29. The van der Waals surface area contributed by atoms with Crippen molar-refractivity contribution in [2.75, 3.05) is 25.0 Å². The third kappa shape index (κ3) is 4.64. The van der Waals surface area contributed by atoms with Crippen LogP contribution in [-0.2, 0) is 20.0 Å². The van der Waals surface area contributed by atoms with E-state index in [1.807, 2.05) is 0 Å². The number of sulfonamides is 2. The fraction of sp³-hybridized carbons (Fsp3) is 0.333. The quantitative estimate of drug-likeness (QED) is 0.588. The summed E-state index contributed by atoms with van der Waals surface area (Å²) in [5, 5.41) is 8.74. The molecule has 3 N–H and O–H groups in total. The summed E-state index contributed by atoms with van der Waals surface area (Å²) < 4.78 is 59.8. The van der Waals surface area contributed by atoms with Gasteiger partial charge in [0.15, 0.2) is 0 Å². The zero-order valence-corrected chi connectivity index (χ0v) is 17.7. The van der Waals surface area contributed by atoms with E-state index in [9.17, 15) is 16.8 Å². The first-order chi connectivity index (χ1) is 13.0. The maximum absolute atomic E-state index is 12.9. The first-order valence-corrected chi connectivity index (χ1v) is 11.4. The smallest absolute Gasteiger partial charge is 0.262 e. The van der Waals surface area contributed by atoms with Gasteiger partial charge in [-0.05, 0) is 67.8 Å². The number of nitrogens with one attached hydrogen (secondary N) is 2. The molecule has 0 amide bonds. The van der Waals surface area contributed by atoms with Crippen molar-refractivity contribution in [2.24, 2.45) is 0 Å². The lowest BCUT2D eigenvalue weighted by Gasteiger charge is -2.17. The minimum absolute atomic E-state index is 0.0310. The van der Waals surface area contributed by atoms with Crippen molar-refractivity contribution in [2.45, 2.75) is 30.6 Å². The molecule has 2 rings (SSSR count). The number of aliphatic hydroxyl groups is 1. The first kappa shape index (κ1) is 22.2. The van der Waals surface area contributed by atoms with Crippen LogP contribution in [0, 0.1) is 20.8 Å². The number of benzene rings is 2. The molecule has 0 aliphatic rings. The lowest BCUT2D eigenvalue weighted by molar-refractivity contribution is 0.301. The number of aryl methyl sites for hydroxylation is 1. The fourth-order valence-electron chi connectivity index (χ4n) is 2.82. The number of aliphatic hydroxyl groups excluding tert-OH is 1. The SMILES string of the molecule is COc1cc(C)c(S(=O)(=O)Nc2ccc(S(=O)(=O)NCCO)cc2)c(C)c1C. The Morgan fingerprint density at radius 1 is 0.964 bits per heavy atom. The standard InChI is InChI=1S/C18H24N2O6S2/c1-12-11-17(26-4)13(2)14(3)18(12)28(24,25)20-15-5-7-16(8-6-15)27(22,23)19-9-10-21/h5-8,11,19-21H,9-10H2,1-4H3. The predicted molar refractivity (Wildman–Crippen MR) is 107 cm³/mol. The highest BCUT2D eigenvalue weighted by Gasteiger charge is 2.23. The number of hydrogen-bond acceptors (Lipinski definition) is 6. The van der Waals surface area contributed by atoms with Crippen LogP contribution in [0.3, 0.4) is 0 Å². The van der Waals surface area contributed by atoms with Crippen molar-refractivity contribution in [3.05, 3.63) is 47.0 Å². The van der Waals surface area contributed by atoms with E-state index in [0.29, 0.717) is 16.9 Å². The van der Waals surface area contributed by atoms with Crippen LogP contribution in [0.2, 0.25) is 0 Å². The molecule has 0 radical (unpaired) electrons. The Morgan fingerprint density at radius 3 is 2.11 bits per heavy atom. The Kier molecular flexibility index (Phi) is 6.71. The van der Waals surface area contributed by atoms with Crippen molar-refractivity contribution >= 4 is 25.7 Å². The number of anilines is 1. The molecule has 0 saturated carbocycles. The largest absolute Gasteiger partial charge is 0.496 e. The second-order valence-electron chi connectivity index (χ2n) is 6.23. The summed E-state index contributed by atoms with van der Waals surface area (Å²) in [5.41, 5.74) is 2.08. The van der Waals surface area contributed by atoms with Gasteiger partial charge >= 0.3 is 0 Å². The second kappa shape index (κ2) is 8.48. The highest BCUT2D eigenvalue weighted by atomic mass is 32.2. The van der Waals surface area contributed by atoms with E-state index >= 15 is 0 Å². The van der Waals surface area contributed by atoms with Crippen LogP contribution in [0.4, 0.5) is 5.69 Å². The van der Waals surface area contributed by atoms with Gasteiger partial charge in [-0.2, -0.15) is 0 Å². The van der Waals surface area contributed by atoms with Gasteiger partial charge < -0.3 is 9.84 Å². The van der Waals surface area contributed by atoms with Gasteiger partial charge in [0.1, 0.15) is 5.75 Å². The number of hydrogen-bond donors (Lipinski definition) is 3. The lowest BCUT2D eigenvalue weighted by atomic mass is 10.1. The molecule has 0 heterocycles. The Hall–Kier alpha value is -2.14. The molecule has 0 unspecified atom stereocenters. The van der Waals surface area contributed by atoms with Crippen molar-refractivity contribution < 1.29 is 26.7 Å². The number of rotatable bonds is 8. The van der Waals surface area contributed by atoms with Crippen molar-refractivity contribution in [3.8, 4) is 5.75 Å². The Bertz CT molecular complexity index is 1060. The van der Waals surface area contributed by atoms with E-state index in [1.54, 1.807) is 26.8 Å². The van der Waals surface area contributed by atoms with E-state index in [-0.39, 0.29) is 28.6 Å². The van der Waals surface area contributed by atoms with Crippen LogP contribution in [0.25, 0.3) is 0 Å². The minimum atomic E-state index is -3.89. The van der Waals surface area contributed by atoms with E-state index in [2.05, 4.69) is 9.44 Å². The molecule has 0 aromatic heterocycles. The zero-order chi connectivity index (χ0) is 21.1. The molecule has 2 aromatic carbocycles. The second-order valence-corrected chi connectivity index (χ2v) is 9.61. The molecule has 0 saturated heterocycles. The highest BCUT2D eigenvalue weighted by molar-refractivity contribution is 7.92. The summed E-state index contributed by atoms with van der Waals surface area (Å²) in [7, 11) is -6.12. The molecule has 154 valence electrons. The third-order valence-corrected chi connectivity index (χ3v) is 7.43. The van der Waals surface area contributed by atoms with Gasteiger partial charge in [-0.3, -0.25) is 4.72 Å². The van der Waals surface area contributed by atoms with Gasteiger partial charge in [-0.1, -0.05) is 0 Å². The summed E-state index contributed by atoms with van der Waals surface area (Å²) in [6.45, 7) is 4.75. The minimum Gasteiger partial charge on any atom is -0.496 e. The van der Waals surface area contributed by atoms with Crippen LogP contribution in [0.15, 0.2) is 40.1 Å². The van der Waals surface area contributed by atoms with Crippen LogP contribution < -0.4 is 14.2 Å². The zero-order valence-electron chi connectivity index (χ0n) is 16.1. The topological polar surface area (TPSA) is 122 Å². The maximum Gasteiger partial charge on any atom is 0.262 e. The molecule has 0 bridgehead atoms. The van der Waals surface area contributed by atoms with Gasteiger partial charge in [0.05, 0.1) is 23.5 Å². The molecule has 0 fully saturated rings. The van der Waals surface area contributed by atoms with Crippen LogP contribution in [0.5, 0.6) is 5.75 Å². The van der Waals surface area contributed by atoms with Gasteiger partial charge in [0.25, 0.3) is 10.0 Å². The summed E-state index contributed by atoms with van der Waals surface area (Å²) in [4.78, 5) is 0.128. The first-order valence-electron chi connectivity index (χ1n) is 8.41. The number of ether oxygens (including phenoxy) is 1. The Labute approximate surface area is 165 Å². The maximum atomic E-state index is 12.9. The summed E-state index contributed by atoms with van der Waals surface area (Å²) in [6.07, 6.45) is 0. The van der Waals surface area contributed by atoms with E-state index in [0.717, 1.165) is 5.56 Å². The molecule has 2 aromatic rings. The Morgan fingerprint density at radius 2 is 1.57 bits per heavy atom. The molecular weight excluding hydrogens is 404 g/mol.